The third kappa shape index (κ3) is 2.08. The molecular weight excluding hydrogens is 134 g/mol. The highest BCUT2D eigenvalue weighted by Crippen LogP contribution is 2.09. The van der Waals surface area contributed by atoms with E-state index in [1.165, 1.54) is 0 Å². The van der Waals surface area contributed by atoms with Gasteiger partial charge in [-0.1, -0.05) is 36.9 Å². The van der Waals surface area contributed by atoms with Crippen LogP contribution in [0.5, 0.6) is 0 Å². The fraction of sp³-hybridized carbons (Fsp3) is 0.100. The summed E-state index contributed by atoms with van der Waals surface area (Å²) >= 11 is 0. The van der Waals surface area contributed by atoms with Crippen LogP contribution in [-0.4, -0.2) is 0 Å². The third-order valence-electron chi connectivity index (χ3n) is 1.48. The molecule has 0 bridgehead atoms. The van der Waals surface area contributed by atoms with Crippen LogP contribution in [0, 0.1) is 0 Å². The van der Waals surface area contributed by atoms with Gasteiger partial charge in [-0.3, -0.25) is 0 Å². The van der Waals surface area contributed by atoms with E-state index in [2.05, 4.69) is 12.3 Å². The van der Waals surface area contributed by atoms with Gasteiger partial charge in [0, 0.05) is 0 Å². The van der Waals surface area contributed by atoms with Crippen molar-refractivity contribution in [1.82, 2.24) is 0 Å². The summed E-state index contributed by atoms with van der Waals surface area (Å²) in [5.74, 6) is 0. The topological polar surface area (TPSA) is 26.0 Å². The third-order valence-corrected chi connectivity index (χ3v) is 1.48. The van der Waals surface area contributed by atoms with Crippen molar-refractivity contribution in [3.63, 3.8) is 0 Å². The van der Waals surface area contributed by atoms with Gasteiger partial charge in [0.05, 0.1) is 6.04 Å². The minimum absolute atomic E-state index is 0.0753. The molecule has 0 spiro atoms. The van der Waals surface area contributed by atoms with E-state index < -0.39 is 0 Å². The molecule has 0 unspecified atom stereocenters. The van der Waals surface area contributed by atoms with Crippen molar-refractivity contribution < 1.29 is 0 Å². The highest BCUT2D eigenvalue weighted by Gasteiger charge is 1.97. The monoisotopic (exact) mass is 145 g/mol. The van der Waals surface area contributed by atoms with Crippen LogP contribution in [0.1, 0.15) is 11.6 Å². The van der Waals surface area contributed by atoms with E-state index in [4.69, 9.17) is 5.73 Å². The summed E-state index contributed by atoms with van der Waals surface area (Å²) in [6.07, 6.45) is 1.75. The Balaban J connectivity index is 2.84. The minimum Gasteiger partial charge on any atom is -0.320 e. The molecule has 1 atom stereocenters. The number of nitrogens with two attached hydrogens (primary N) is 1. The predicted octanol–water partition coefficient (Wildman–Crippen LogP) is 2.03. The Kier molecular flexibility index (Phi) is 2.67. The fourth-order valence-corrected chi connectivity index (χ4v) is 0.898. The van der Waals surface area contributed by atoms with E-state index in [-0.39, 0.29) is 6.04 Å². The Hall–Kier alpha value is -1.30. The molecule has 56 valence electrons. The average Bonchev–Trinajstić information content (AvgIpc) is 2.07. The van der Waals surface area contributed by atoms with Crippen molar-refractivity contribution in [2.24, 2.45) is 5.73 Å². The molecule has 0 saturated heterocycles. The average molecular weight is 145 g/mol. The summed E-state index contributed by atoms with van der Waals surface area (Å²) < 4.78 is 0. The Morgan fingerprint density at radius 2 is 2.00 bits per heavy atom. The van der Waals surface area contributed by atoms with Crippen LogP contribution < -0.4 is 5.73 Å². The van der Waals surface area contributed by atoms with Gasteiger partial charge in [-0.25, -0.2) is 0 Å². The van der Waals surface area contributed by atoms with Crippen LogP contribution in [0.25, 0.3) is 0 Å². The Bertz CT molecular complexity index is 257. The first kappa shape index (κ1) is 7.80. The number of hydrogen-bond donors (Lipinski definition) is 1. The van der Waals surface area contributed by atoms with Gasteiger partial charge in [-0.15, -0.1) is 5.73 Å². The fourth-order valence-electron chi connectivity index (χ4n) is 0.898. The zero-order valence-corrected chi connectivity index (χ0v) is 6.33. The van der Waals surface area contributed by atoms with Crippen LogP contribution in [0.3, 0.4) is 0 Å². The van der Waals surface area contributed by atoms with E-state index >= 15 is 0 Å². The number of rotatable bonds is 2. The number of hydrogen-bond acceptors (Lipinski definition) is 1. The smallest absolute Gasteiger partial charge is 0.0555 e. The van der Waals surface area contributed by atoms with Crippen molar-refractivity contribution in [3.8, 4) is 0 Å². The molecule has 0 aliphatic carbocycles. The number of benzene rings is 1. The second-order valence-electron chi connectivity index (χ2n) is 2.31. The van der Waals surface area contributed by atoms with E-state index in [9.17, 15) is 0 Å². The van der Waals surface area contributed by atoms with Gasteiger partial charge in [0.25, 0.3) is 0 Å². The Labute approximate surface area is 66.9 Å². The first-order valence-corrected chi connectivity index (χ1v) is 3.51. The molecule has 0 saturated carbocycles. The van der Waals surface area contributed by atoms with Gasteiger partial charge in [0.1, 0.15) is 0 Å². The van der Waals surface area contributed by atoms with Crippen molar-refractivity contribution in [2.75, 3.05) is 0 Å². The highest BCUT2D eigenvalue weighted by molar-refractivity contribution is 5.21. The van der Waals surface area contributed by atoms with Gasteiger partial charge in [-0.2, -0.15) is 0 Å². The van der Waals surface area contributed by atoms with Gasteiger partial charge < -0.3 is 5.73 Å². The highest BCUT2D eigenvalue weighted by atomic mass is 14.6. The minimum atomic E-state index is -0.0753. The zero-order chi connectivity index (χ0) is 8.10. The zero-order valence-electron chi connectivity index (χ0n) is 6.33. The van der Waals surface area contributed by atoms with Crippen molar-refractivity contribution >= 4 is 0 Å². The molecule has 1 rings (SSSR count). The molecule has 1 aromatic rings. The van der Waals surface area contributed by atoms with Crippen LogP contribution >= 0.6 is 0 Å². The molecule has 0 aliphatic heterocycles. The molecule has 2 N–H and O–H groups in total. The van der Waals surface area contributed by atoms with Crippen molar-refractivity contribution in [2.45, 2.75) is 6.04 Å². The molecule has 0 amide bonds. The van der Waals surface area contributed by atoms with Gasteiger partial charge in [0.2, 0.25) is 0 Å². The SMILES string of the molecule is C=C=C[C@H](N)c1ccccc1. The maximum atomic E-state index is 5.75. The van der Waals surface area contributed by atoms with Crippen LogP contribution in [0.15, 0.2) is 48.7 Å². The second-order valence-corrected chi connectivity index (χ2v) is 2.31. The van der Waals surface area contributed by atoms with E-state index in [1.807, 2.05) is 30.3 Å². The van der Waals surface area contributed by atoms with Crippen LogP contribution in [0.2, 0.25) is 0 Å². The summed E-state index contributed by atoms with van der Waals surface area (Å²) in [4.78, 5) is 0. The van der Waals surface area contributed by atoms with Gasteiger partial charge in [0.15, 0.2) is 0 Å². The second kappa shape index (κ2) is 3.77. The largest absolute Gasteiger partial charge is 0.320 e. The maximum absolute atomic E-state index is 5.75. The van der Waals surface area contributed by atoms with Crippen molar-refractivity contribution in [1.29, 1.82) is 0 Å². The first-order chi connectivity index (χ1) is 5.34. The van der Waals surface area contributed by atoms with Crippen molar-refractivity contribution in [3.05, 3.63) is 54.3 Å². The maximum Gasteiger partial charge on any atom is 0.0555 e. The molecule has 1 nitrogen and oxygen atoms in total. The quantitative estimate of drug-likeness (QED) is 0.633. The van der Waals surface area contributed by atoms with Crippen LogP contribution in [0.4, 0.5) is 0 Å². The lowest BCUT2D eigenvalue weighted by Gasteiger charge is -2.03. The lowest BCUT2D eigenvalue weighted by atomic mass is 10.1. The molecule has 1 heteroatoms. The van der Waals surface area contributed by atoms with Gasteiger partial charge >= 0.3 is 0 Å². The molecular formula is C10H11N. The summed E-state index contributed by atoms with van der Waals surface area (Å²) in [6, 6.07) is 9.79. The first-order valence-electron chi connectivity index (χ1n) is 3.51. The molecule has 0 fully saturated rings. The summed E-state index contributed by atoms with van der Waals surface area (Å²) in [5, 5.41) is 0. The van der Waals surface area contributed by atoms with E-state index in [1.54, 1.807) is 6.08 Å². The summed E-state index contributed by atoms with van der Waals surface area (Å²) in [5.41, 5.74) is 9.50. The molecule has 0 aromatic heterocycles. The molecule has 1 aromatic carbocycles. The normalized spacial score (nSPS) is 11.7. The molecule has 0 aliphatic rings. The summed E-state index contributed by atoms with van der Waals surface area (Å²) in [7, 11) is 0. The predicted molar refractivity (Wildman–Crippen MR) is 47.1 cm³/mol. The summed E-state index contributed by atoms with van der Waals surface area (Å²) in [6.45, 7) is 3.47. The van der Waals surface area contributed by atoms with Crippen LogP contribution in [-0.2, 0) is 0 Å². The van der Waals surface area contributed by atoms with Gasteiger partial charge in [-0.05, 0) is 11.6 Å². The lowest BCUT2D eigenvalue weighted by molar-refractivity contribution is 0.913. The Morgan fingerprint density at radius 1 is 1.36 bits per heavy atom. The van der Waals surface area contributed by atoms with E-state index in [0.717, 1.165) is 5.56 Å². The van der Waals surface area contributed by atoms with E-state index in [0.29, 0.717) is 0 Å². The lowest BCUT2D eigenvalue weighted by Crippen LogP contribution is -2.05. The Morgan fingerprint density at radius 3 is 2.55 bits per heavy atom. The standard InChI is InChI=1S/C10H11N/c1-2-6-10(11)9-7-4-3-5-8-9/h3-8,10H,1,11H2/t10-/m0/s1. The molecule has 11 heavy (non-hydrogen) atoms. The molecule has 0 heterocycles. The molecule has 0 radical (unpaired) electrons.